The van der Waals surface area contributed by atoms with E-state index in [1.54, 1.807) is 4.90 Å². The van der Waals surface area contributed by atoms with Crippen molar-refractivity contribution >= 4 is 29.4 Å². The molecule has 1 aromatic carbocycles. The van der Waals surface area contributed by atoms with Gasteiger partial charge in [0.15, 0.2) is 0 Å². The second kappa shape index (κ2) is 9.84. The Morgan fingerprint density at radius 2 is 1.75 bits per heavy atom. The van der Waals surface area contributed by atoms with Crippen molar-refractivity contribution in [1.29, 1.82) is 0 Å². The van der Waals surface area contributed by atoms with Gasteiger partial charge in [-0.05, 0) is 61.6 Å². The molecule has 2 aliphatic heterocycles. The lowest BCUT2D eigenvalue weighted by atomic mass is 9.64. The third-order valence-electron chi connectivity index (χ3n) is 7.89. The number of nitrogens with zero attached hydrogens (tertiary/aromatic N) is 3. The average Bonchev–Trinajstić information content (AvgIpc) is 2.99. The fraction of sp³-hybridized carbons (Fsp3) is 0.630. The summed E-state index contributed by atoms with van der Waals surface area (Å²) in [6.45, 7) is 12.4. The first-order chi connectivity index (χ1) is 16.9. The van der Waals surface area contributed by atoms with Crippen molar-refractivity contribution in [2.45, 2.75) is 59.4 Å². The average molecular weight is 498 g/mol. The van der Waals surface area contributed by atoms with E-state index in [-0.39, 0.29) is 36.2 Å². The Balaban J connectivity index is 1.28. The highest BCUT2D eigenvalue weighted by Gasteiger charge is 2.56. The first kappa shape index (κ1) is 26.1. The van der Waals surface area contributed by atoms with Crippen LogP contribution in [0.3, 0.4) is 0 Å². The van der Waals surface area contributed by atoms with Crippen molar-refractivity contribution in [3.63, 3.8) is 0 Å². The predicted octanol–water partition coefficient (Wildman–Crippen LogP) is 2.52. The number of benzene rings is 1. The van der Waals surface area contributed by atoms with E-state index in [2.05, 4.69) is 31.4 Å². The van der Waals surface area contributed by atoms with Crippen molar-refractivity contribution in [3.8, 4) is 0 Å². The van der Waals surface area contributed by atoms with E-state index >= 15 is 0 Å². The topological polar surface area (TPSA) is 102 Å². The van der Waals surface area contributed by atoms with Crippen LogP contribution < -0.4 is 10.6 Å². The van der Waals surface area contributed by atoms with Crippen LogP contribution in [0, 0.1) is 25.2 Å². The molecule has 2 N–H and O–H groups in total. The molecule has 1 spiro atoms. The third-order valence-corrected chi connectivity index (χ3v) is 7.89. The lowest BCUT2D eigenvalue weighted by Gasteiger charge is -2.43. The van der Waals surface area contributed by atoms with E-state index in [4.69, 9.17) is 0 Å². The van der Waals surface area contributed by atoms with Crippen LogP contribution in [0.15, 0.2) is 18.2 Å². The Hall–Kier alpha value is -2.94. The van der Waals surface area contributed by atoms with Gasteiger partial charge < -0.3 is 15.5 Å². The molecule has 4 rings (SSSR count). The highest BCUT2D eigenvalue weighted by molar-refractivity contribution is 6.09. The molecule has 9 nitrogen and oxygen atoms in total. The molecular weight excluding hydrogens is 458 g/mol. The largest absolute Gasteiger partial charge is 0.339 e. The van der Waals surface area contributed by atoms with E-state index in [9.17, 15) is 19.2 Å². The molecule has 1 aliphatic carbocycles. The number of hydrogen-bond acceptors (Lipinski definition) is 5. The maximum atomic E-state index is 13.3. The summed E-state index contributed by atoms with van der Waals surface area (Å²) in [6, 6.07) is 5.35. The van der Waals surface area contributed by atoms with Crippen molar-refractivity contribution in [3.05, 3.63) is 29.3 Å². The Morgan fingerprint density at radius 3 is 2.42 bits per heavy atom. The number of imide groups is 1. The molecular formula is C27H39N5O4. The van der Waals surface area contributed by atoms with Crippen LogP contribution in [-0.2, 0) is 14.4 Å². The van der Waals surface area contributed by atoms with Crippen molar-refractivity contribution < 1.29 is 19.2 Å². The molecule has 2 heterocycles. The molecule has 1 aromatic rings. The number of carbonyl (C=O) groups excluding carboxylic acids is 4. The Bertz CT molecular complexity index is 1060. The summed E-state index contributed by atoms with van der Waals surface area (Å²) < 4.78 is 0. The molecule has 0 bridgehead atoms. The summed E-state index contributed by atoms with van der Waals surface area (Å²) in [4.78, 5) is 56.4. The predicted molar refractivity (Wildman–Crippen MR) is 137 cm³/mol. The van der Waals surface area contributed by atoms with Gasteiger partial charge in [-0.1, -0.05) is 32.9 Å². The van der Waals surface area contributed by atoms with Crippen LogP contribution in [0.4, 0.5) is 10.5 Å². The van der Waals surface area contributed by atoms with Crippen LogP contribution in [0.1, 0.15) is 51.2 Å². The maximum Gasteiger partial charge on any atom is 0.325 e. The van der Waals surface area contributed by atoms with E-state index in [1.165, 1.54) is 0 Å². The third kappa shape index (κ3) is 5.40. The van der Waals surface area contributed by atoms with Crippen molar-refractivity contribution in [2.75, 3.05) is 44.6 Å². The summed E-state index contributed by atoms with van der Waals surface area (Å²) in [5.41, 5.74) is 2.03. The molecule has 3 aliphatic rings. The Morgan fingerprint density at radius 1 is 1.06 bits per heavy atom. The lowest BCUT2D eigenvalue weighted by molar-refractivity contribution is -0.141. The number of urea groups is 1. The highest BCUT2D eigenvalue weighted by atomic mass is 16.2. The number of anilines is 1. The number of aryl methyl sites for hydroxylation is 1. The maximum absolute atomic E-state index is 13.3. The van der Waals surface area contributed by atoms with E-state index in [1.807, 2.05) is 36.9 Å². The fourth-order valence-corrected chi connectivity index (χ4v) is 6.32. The van der Waals surface area contributed by atoms with Gasteiger partial charge in [-0.15, -0.1) is 0 Å². The minimum atomic E-state index is -0.903. The zero-order chi connectivity index (χ0) is 26.3. The van der Waals surface area contributed by atoms with Crippen molar-refractivity contribution in [2.24, 2.45) is 11.3 Å². The molecule has 2 saturated heterocycles. The van der Waals surface area contributed by atoms with Gasteiger partial charge in [0.05, 0.1) is 6.54 Å². The SMILES string of the molecule is Cc1cccc(NC(=O)CN2CCN(C(=O)CN3C(=O)N[C@]4(C[C@@H](C)CC(C)(C)C4)C3=O)CC2)c1C. The van der Waals surface area contributed by atoms with E-state index < -0.39 is 11.6 Å². The molecule has 1 saturated carbocycles. The molecule has 2 atom stereocenters. The first-order valence-electron chi connectivity index (χ1n) is 12.9. The summed E-state index contributed by atoms with van der Waals surface area (Å²) in [7, 11) is 0. The van der Waals surface area contributed by atoms with Gasteiger partial charge in [0, 0.05) is 31.9 Å². The molecule has 0 radical (unpaired) electrons. The number of carbonyl (C=O) groups is 4. The van der Waals surface area contributed by atoms with Crippen LogP contribution >= 0.6 is 0 Å². The van der Waals surface area contributed by atoms with Gasteiger partial charge in [-0.3, -0.25) is 24.2 Å². The Labute approximate surface area is 213 Å². The normalized spacial score (nSPS) is 26.3. The van der Waals surface area contributed by atoms with Crippen LogP contribution in [0.2, 0.25) is 0 Å². The van der Waals surface area contributed by atoms with Gasteiger partial charge in [0.1, 0.15) is 12.1 Å². The van der Waals surface area contributed by atoms with Crippen LogP contribution in [0.5, 0.6) is 0 Å². The molecule has 3 fully saturated rings. The minimum absolute atomic E-state index is 0.0543. The standard InChI is InChI=1S/C27H39N5O4/c1-18-13-26(4,5)17-27(14-18)24(35)32(25(36)29-27)16-23(34)31-11-9-30(10-12-31)15-22(33)28-21-8-6-7-19(2)20(21)3/h6-8,18H,9-17H2,1-5H3,(H,28,33)(H,29,36)/t18-,27-/m0/s1. The smallest absolute Gasteiger partial charge is 0.325 e. The highest BCUT2D eigenvalue weighted by Crippen LogP contribution is 2.46. The summed E-state index contributed by atoms with van der Waals surface area (Å²) in [5, 5.41) is 5.91. The lowest BCUT2D eigenvalue weighted by Crippen LogP contribution is -2.55. The zero-order valence-electron chi connectivity index (χ0n) is 22.1. The van der Waals surface area contributed by atoms with E-state index in [0.29, 0.717) is 44.9 Å². The Kier molecular flexibility index (Phi) is 7.14. The van der Waals surface area contributed by atoms with Crippen LogP contribution in [0.25, 0.3) is 0 Å². The monoisotopic (exact) mass is 497 g/mol. The molecule has 196 valence electrons. The van der Waals surface area contributed by atoms with Crippen LogP contribution in [-0.4, -0.2) is 83.3 Å². The minimum Gasteiger partial charge on any atom is -0.339 e. The number of piperazine rings is 1. The van der Waals surface area contributed by atoms with Gasteiger partial charge in [0.2, 0.25) is 11.8 Å². The van der Waals surface area contributed by atoms with E-state index in [0.717, 1.165) is 28.1 Å². The number of rotatable bonds is 5. The zero-order valence-corrected chi connectivity index (χ0v) is 22.1. The number of amides is 5. The molecule has 36 heavy (non-hydrogen) atoms. The van der Waals surface area contributed by atoms with Gasteiger partial charge >= 0.3 is 6.03 Å². The number of nitrogens with one attached hydrogen (secondary N) is 2. The number of hydrogen-bond donors (Lipinski definition) is 2. The fourth-order valence-electron chi connectivity index (χ4n) is 6.32. The van der Waals surface area contributed by atoms with Gasteiger partial charge in [-0.2, -0.15) is 0 Å². The quantitative estimate of drug-likeness (QED) is 0.609. The first-order valence-corrected chi connectivity index (χ1v) is 12.9. The summed E-state index contributed by atoms with van der Waals surface area (Å²) in [5.74, 6) is -0.285. The van der Waals surface area contributed by atoms with Gasteiger partial charge in [-0.25, -0.2) is 4.79 Å². The molecule has 0 unspecified atom stereocenters. The summed E-state index contributed by atoms with van der Waals surface area (Å²) in [6.07, 6.45) is 2.20. The summed E-state index contributed by atoms with van der Waals surface area (Å²) >= 11 is 0. The van der Waals surface area contributed by atoms with Crippen molar-refractivity contribution in [1.82, 2.24) is 20.0 Å². The second-order valence-corrected chi connectivity index (χ2v) is 11.7. The second-order valence-electron chi connectivity index (χ2n) is 11.7. The molecule has 0 aromatic heterocycles. The molecule has 9 heteroatoms. The molecule has 5 amide bonds. The van der Waals surface area contributed by atoms with Gasteiger partial charge in [0.25, 0.3) is 5.91 Å².